The van der Waals surface area contributed by atoms with Crippen molar-refractivity contribution in [2.45, 2.75) is 128 Å². The van der Waals surface area contributed by atoms with Gasteiger partial charge in [0, 0.05) is 6.42 Å². The molecule has 1 aliphatic carbocycles. The normalized spacial score (nSPS) is 20.9. The Morgan fingerprint density at radius 1 is 1.05 bits per heavy atom. The van der Waals surface area contributed by atoms with Crippen LogP contribution < -0.4 is 0 Å². The molecule has 0 amide bonds. The summed E-state index contributed by atoms with van der Waals surface area (Å²) in [6.45, 7) is 3.95. The van der Waals surface area contributed by atoms with Crippen molar-refractivity contribution in [3.8, 4) is 0 Å². The molecule has 0 heterocycles. The van der Waals surface area contributed by atoms with Gasteiger partial charge < -0.3 is 25.5 Å². The maximum Gasteiger partial charge on any atom is 0.303 e. The average molecular weight is 545 g/mol. The van der Waals surface area contributed by atoms with Crippen molar-refractivity contribution in [2.75, 3.05) is 6.61 Å². The molecule has 0 radical (unpaired) electrons. The molecule has 0 unspecified atom stereocenters. The molecule has 0 spiro atoms. The van der Waals surface area contributed by atoms with Gasteiger partial charge in [0.15, 0.2) is 0 Å². The first kappa shape index (κ1) is 33.2. The molecule has 1 aliphatic rings. The molecule has 0 saturated carbocycles. The number of carbonyl (C=O) groups is 1. The molecule has 0 bridgehead atoms. The van der Waals surface area contributed by atoms with E-state index in [1.165, 1.54) is 16.7 Å². The monoisotopic (exact) mass is 544 g/mol. The van der Waals surface area contributed by atoms with Gasteiger partial charge in [0.1, 0.15) is 0 Å². The van der Waals surface area contributed by atoms with Crippen LogP contribution in [-0.2, 0) is 24.1 Å². The van der Waals surface area contributed by atoms with Crippen LogP contribution in [0.4, 0.5) is 0 Å². The number of carboxylic acids is 1. The topological polar surface area (TPSA) is 118 Å². The van der Waals surface area contributed by atoms with E-state index in [-0.39, 0.29) is 13.0 Å². The van der Waals surface area contributed by atoms with Gasteiger partial charge in [-0.1, -0.05) is 81.9 Å². The van der Waals surface area contributed by atoms with Gasteiger partial charge in [-0.25, -0.2) is 0 Å². The van der Waals surface area contributed by atoms with Gasteiger partial charge in [-0.15, -0.1) is 0 Å². The molecule has 39 heavy (non-hydrogen) atoms. The molecule has 4 atom stereocenters. The van der Waals surface area contributed by atoms with Crippen LogP contribution in [0, 0.1) is 5.92 Å². The van der Waals surface area contributed by atoms with Crippen molar-refractivity contribution in [2.24, 2.45) is 5.92 Å². The number of allylic oxidation sites excluding steroid dienone is 2. The summed E-state index contributed by atoms with van der Waals surface area (Å²) in [5.74, 6) is -0.380. The maximum absolute atomic E-state index is 10.9. The van der Waals surface area contributed by atoms with Crippen molar-refractivity contribution < 1.29 is 30.3 Å². The van der Waals surface area contributed by atoms with Crippen molar-refractivity contribution in [1.29, 1.82) is 0 Å². The highest BCUT2D eigenvalue weighted by Crippen LogP contribution is 2.33. The van der Waals surface area contributed by atoms with Crippen LogP contribution in [0.5, 0.6) is 0 Å². The van der Waals surface area contributed by atoms with E-state index >= 15 is 0 Å². The third-order valence-corrected chi connectivity index (χ3v) is 8.14. The maximum atomic E-state index is 10.9. The lowest BCUT2D eigenvalue weighted by atomic mass is 9.80. The Bertz CT molecular complexity index is 921. The van der Waals surface area contributed by atoms with Crippen LogP contribution >= 0.6 is 0 Å². The fourth-order valence-electron chi connectivity index (χ4n) is 5.77. The minimum absolute atomic E-state index is 0.202. The minimum Gasteiger partial charge on any atom is -0.481 e. The molecule has 0 saturated heterocycles. The lowest BCUT2D eigenvalue weighted by molar-refractivity contribution is -0.137. The van der Waals surface area contributed by atoms with E-state index in [4.69, 9.17) is 5.11 Å². The van der Waals surface area contributed by atoms with Gasteiger partial charge in [0.05, 0.1) is 24.9 Å². The molecule has 6 heteroatoms. The first-order chi connectivity index (χ1) is 18.8. The Kier molecular flexibility index (Phi) is 15.7. The fraction of sp³-hybridized carbons (Fsp3) is 0.667. The predicted molar refractivity (Wildman–Crippen MR) is 157 cm³/mol. The van der Waals surface area contributed by atoms with E-state index in [1.807, 2.05) is 6.08 Å². The number of unbranched alkanes of at least 4 members (excludes halogenated alkanes) is 3. The first-order valence-electron chi connectivity index (χ1n) is 15.1. The number of aryl methyl sites for hydroxylation is 2. The van der Waals surface area contributed by atoms with Crippen LogP contribution in [0.25, 0.3) is 0 Å². The number of aliphatic hydroxyl groups is 4. The van der Waals surface area contributed by atoms with Gasteiger partial charge in [0.25, 0.3) is 0 Å². The summed E-state index contributed by atoms with van der Waals surface area (Å²) in [6.07, 6.45) is 12.9. The smallest absolute Gasteiger partial charge is 0.303 e. The second kappa shape index (κ2) is 18.4. The zero-order valence-corrected chi connectivity index (χ0v) is 24.2. The summed E-state index contributed by atoms with van der Waals surface area (Å²) < 4.78 is 0. The van der Waals surface area contributed by atoms with Gasteiger partial charge in [0.2, 0.25) is 0 Å². The first-order valence-corrected chi connectivity index (χ1v) is 15.1. The lowest BCUT2D eigenvalue weighted by Crippen LogP contribution is -2.23. The van der Waals surface area contributed by atoms with Gasteiger partial charge in [-0.05, 0) is 86.0 Å². The van der Waals surface area contributed by atoms with E-state index in [9.17, 15) is 25.2 Å². The largest absolute Gasteiger partial charge is 0.481 e. The SMILES string of the molecule is CCCC[C@H](O)[C@H](O)/C=C/C1=C(\C[C@H](O)CO)C[C@H](CCCCCC(=O)O)CCc2c(CC)cccc2CC1. The average Bonchev–Trinajstić information content (AvgIpc) is 2.93. The molecule has 0 fully saturated rings. The van der Waals surface area contributed by atoms with Crippen LogP contribution in [0.15, 0.2) is 41.5 Å². The van der Waals surface area contributed by atoms with Gasteiger partial charge in [-0.2, -0.15) is 0 Å². The van der Waals surface area contributed by atoms with Crippen molar-refractivity contribution in [3.63, 3.8) is 0 Å². The molecule has 0 aromatic heterocycles. The number of rotatable bonds is 16. The fourth-order valence-corrected chi connectivity index (χ4v) is 5.77. The Balaban J connectivity index is 2.39. The predicted octanol–water partition coefficient (Wildman–Crippen LogP) is 5.68. The van der Waals surface area contributed by atoms with E-state index in [0.717, 1.165) is 81.8 Å². The summed E-state index contributed by atoms with van der Waals surface area (Å²) in [6, 6.07) is 6.57. The Morgan fingerprint density at radius 2 is 1.85 bits per heavy atom. The quantitative estimate of drug-likeness (QED) is 0.171. The number of hydrogen-bond donors (Lipinski definition) is 5. The highest BCUT2D eigenvalue weighted by atomic mass is 16.4. The Morgan fingerprint density at radius 3 is 2.54 bits per heavy atom. The molecule has 5 N–H and O–H groups in total. The summed E-state index contributed by atoms with van der Waals surface area (Å²) in [4.78, 5) is 10.9. The van der Waals surface area contributed by atoms with Crippen molar-refractivity contribution in [3.05, 3.63) is 58.2 Å². The Labute approximate surface area is 235 Å². The van der Waals surface area contributed by atoms with Crippen LogP contribution in [0.1, 0.15) is 108 Å². The van der Waals surface area contributed by atoms with Crippen LogP contribution in [0.2, 0.25) is 0 Å². The highest BCUT2D eigenvalue weighted by Gasteiger charge is 2.21. The third kappa shape index (κ3) is 12.0. The number of benzene rings is 1. The molecular weight excluding hydrogens is 492 g/mol. The molecular formula is C33H52O6. The molecule has 2 rings (SSSR count). The van der Waals surface area contributed by atoms with Crippen molar-refractivity contribution >= 4 is 5.97 Å². The summed E-state index contributed by atoms with van der Waals surface area (Å²) in [5.41, 5.74) is 6.34. The number of fused-ring (bicyclic) bond motifs is 1. The number of carboxylic acid groups (broad SMARTS) is 1. The number of aliphatic hydroxyl groups excluding tert-OH is 4. The number of hydrogen-bond acceptors (Lipinski definition) is 5. The zero-order valence-electron chi connectivity index (χ0n) is 24.2. The standard InChI is InChI=1S/C33H52O6/c1-3-5-13-31(36)32(37)20-18-26-16-17-27-12-9-11-25(4-2)30(27)19-15-24(10-7-6-8-14-33(38)39)21-28(26)22-29(35)23-34/h9,11-12,18,20,24,29,31-32,34-37H,3-8,10,13-17,19,21-23H2,1-2H3,(H,38,39)/b20-18+,28-26-/t24-,29+,31+,32-/m1/s1. The summed E-state index contributed by atoms with van der Waals surface area (Å²) in [5, 5.41) is 50.0. The highest BCUT2D eigenvalue weighted by molar-refractivity contribution is 5.66. The minimum atomic E-state index is -0.951. The van der Waals surface area contributed by atoms with E-state index in [1.54, 1.807) is 6.08 Å². The van der Waals surface area contributed by atoms with Crippen LogP contribution in [-0.4, -0.2) is 56.4 Å². The zero-order chi connectivity index (χ0) is 28.6. The van der Waals surface area contributed by atoms with Crippen LogP contribution in [0.3, 0.4) is 0 Å². The molecule has 1 aromatic carbocycles. The molecule has 0 aliphatic heterocycles. The van der Waals surface area contributed by atoms with E-state index < -0.39 is 24.3 Å². The third-order valence-electron chi connectivity index (χ3n) is 8.14. The second-order valence-corrected chi connectivity index (χ2v) is 11.2. The molecule has 6 nitrogen and oxygen atoms in total. The van der Waals surface area contributed by atoms with Gasteiger partial charge in [-0.3, -0.25) is 4.79 Å². The Hall–Kier alpha value is -1.99. The molecule has 1 aromatic rings. The second-order valence-electron chi connectivity index (χ2n) is 11.2. The number of aliphatic carboxylic acids is 1. The van der Waals surface area contributed by atoms with E-state index in [2.05, 4.69) is 32.0 Å². The van der Waals surface area contributed by atoms with Crippen molar-refractivity contribution in [1.82, 2.24) is 0 Å². The van der Waals surface area contributed by atoms with E-state index in [0.29, 0.717) is 25.2 Å². The van der Waals surface area contributed by atoms with Gasteiger partial charge >= 0.3 is 5.97 Å². The lowest BCUT2D eigenvalue weighted by Gasteiger charge is -2.26. The summed E-state index contributed by atoms with van der Waals surface area (Å²) in [7, 11) is 0. The summed E-state index contributed by atoms with van der Waals surface area (Å²) >= 11 is 0. The molecule has 220 valence electrons.